The highest BCUT2D eigenvalue weighted by atomic mass is 127. The molecule has 1 heteroatoms. The molecule has 0 nitrogen and oxygen atoms in total. The molecule has 1 aromatic rings. The van der Waals surface area contributed by atoms with Crippen molar-refractivity contribution in [2.24, 2.45) is 17.3 Å². The van der Waals surface area contributed by atoms with Crippen LogP contribution in [0.1, 0.15) is 43.7 Å². The van der Waals surface area contributed by atoms with E-state index < -0.39 is 0 Å². The van der Waals surface area contributed by atoms with Crippen LogP contribution < -0.4 is 0 Å². The molecule has 2 unspecified atom stereocenters. The summed E-state index contributed by atoms with van der Waals surface area (Å²) in [6, 6.07) is 9.18. The summed E-state index contributed by atoms with van der Waals surface area (Å²) in [5.74, 6) is 1.24. The van der Waals surface area contributed by atoms with Gasteiger partial charge in [-0.05, 0) is 108 Å². The Morgan fingerprint density at radius 3 is 2.31 bits per heavy atom. The maximum Gasteiger partial charge on any atom is 0.0122 e. The minimum atomic E-state index is 0.269. The summed E-state index contributed by atoms with van der Waals surface area (Å²) >= 11 is 2.53. The summed E-state index contributed by atoms with van der Waals surface area (Å²) in [7, 11) is 0. The van der Waals surface area contributed by atoms with E-state index in [9.17, 15) is 0 Å². The Kier molecular flexibility index (Phi) is 4.20. The summed E-state index contributed by atoms with van der Waals surface area (Å²) in [6.07, 6.45) is 22.0. The first-order valence-corrected chi connectivity index (χ1v) is 12.2. The van der Waals surface area contributed by atoms with Crippen molar-refractivity contribution >= 4 is 22.6 Å². The van der Waals surface area contributed by atoms with Crippen molar-refractivity contribution in [2.75, 3.05) is 0 Å². The lowest BCUT2D eigenvalue weighted by Gasteiger charge is -2.35. The molecule has 2 atom stereocenters. The van der Waals surface area contributed by atoms with Crippen LogP contribution in [0.15, 0.2) is 92.2 Å². The molecule has 0 aromatic heterocycles. The molecular weight excluding hydrogens is 463 g/mol. The van der Waals surface area contributed by atoms with Crippen LogP contribution in [-0.4, -0.2) is 0 Å². The summed E-state index contributed by atoms with van der Waals surface area (Å²) in [5, 5.41) is 0. The molecule has 0 radical (unpaired) electrons. The minimum Gasteiger partial charge on any atom is -0.0796 e. The molecule has 5 aliphatic carbocycles. The van der Waals surface area contributed by atoms with E-state index in [-0.39, 0.29) is 5.41 Å². The molecule has 1 spiro atoms. The molecule has 0 fully saturated rings. The monoisotopic (exact) mass is 490 g/mol. The normalized spacial score (nSPS) is 29.0. The van der Waals surface area contributed by atoms with Crippen LogP contribution >= 0.6 is 22.6 Å². The molecule has 0 bridgehead atoms. The van der Waals surface area contributed by atoms with E-state index in [0.29, 0.717) is 11.8 Å². The van der Waals surface area contributed by atoms with Crippen molar-refractivity contribution in [3.8, 4) is 0 Å². The highest BCUT2D eigenvalue weighted by Crippen LogP contribution is 2.62. The van der Waals surface area contributed by atoms with Gasteiger partial charge in [-0.25, -0.2) is 0 Å². The molecule has 146 valence electrons. The standard InChI is InChI=1S/C28H27I/c1-18-10-11-20(15-27(18)29)19-12-13-24-23-8-4-5-9-25(23)28(26(24)14-19)16-21-6-2-3-7-22(21)17-28/h2-9,14-15,23,25H,10-13,16-17H2,1H3. The number of rotatable bonds is 1. The molecule has 6 rings (SSSR count). The van der Waals surface area contributed by atoms with E-state index in [2.05, 4.69) is 90.2 Å². The quantitative estimate of drug-likeness (QED) is 0.356. The van der Waals surface area contributed by atoms with Crippen LogP contribution in [0, 0.1) is 17.3 Å². The lowest BCUT2D eigenvalue weighted by molar-refractivity contribution is 0.272. The Bertz CT molecular complexity index is 1060. The van der Waals surface area contributed by atoms with Gasteiger partial charge in [0.05, 0.1) is 0 Å². The lowest BCUT2D eigenvalue weighted by Crippen LogP contribution is -2.31. The number of hydrogen-bond donors (Lipinski definition) is 0. The molecule has 0 saturated heterocycles. The second-order valence-electron chi connectivity index (χ2n) is 9.51. The third-order valence-corrected chi connectivity index (χ3v) is 9.29. The molecule has 5 aliphatic rings. The largest absolute Gasteiger partial charge is 0.0796 e. The van der Waals surface area contributed by atoms with E-state index in [1.54, 1.807) is 39.0 Å². The predicted octanol–water partition coefficient (Wildman–Crippen LogP) is 7.59. The van der Waals surface area contributed by atoms with Crippen LogP contribution in [0.25, 0.3) is 0 Å². The van der Waals surface area contributed by atoms with Gasteiger partial charge in [0.25, 0.3) is 0 Å². The summed E-state index contributed by atoms with van der Waals surface area (Å²) < 4.78 is 1.46. The molecule has 1 aromatic carbocycles. The third-order valence-electron chi connectivity index (χ3n) is 8.06. The average Bonchev–Trinajstić information content (AvgIpc) is 3.27. The van der Waals surface area contributed by atoms with Crippen molar-refractivity contribution in [1.82, 2.24) is 0 Å². The first-order valence-electron chi connectivity index (χ1n) is 11.1. The topological polar surface area (TPSA) is 0 Å². The molecule has 0 heterocycles. The number of halogens is 1. The third kappa shape index (κ3) is 2.69. The number of allylic oxidation sites excluding steroid dienone is 12. The predicted molar refractivity (Wildman–Crippen MR) is 130 cm³/mol. The highest BCUT2D eigenvalue weighted by Gasteiger charge is 2.54. The van der Waals surface area contributed by atoms with Gasteiger partial charge in [0.1, 0.15) is 0 Å². The average molecular weight is 490 g/mol. The first kappa shape index (κ1) is 18.2. The van der Waals surface area contributed by atoms with Gasteiger partial charge in [0, 0.05) is 14.9 Å². The summed E-state index contributed by atoms with van der Waals surface area (Å²) in [6.45, 7) is 2.29. The Hall–Kier alpha value is -1.61. The Labute approximate surface area is 188 Å². The van der Waals surface area contributed by atoms with Gasteiger partial charge in [-0.3, -0.25) is 0 Å². The van der Waals surface area contributed by atoms with E-state index in [0.717, 1.165) is 0 Å². The highest BCUT2D eigenvalue weighted by molar-refractivity contribution is 14.1. The van der Waals surface area contributed by atoms with Gasteiger partial charge in [-0.15, -0.1) is 0 Å². The maximum absolute atomic E-state index is 2.65. The van der Waals surface area contributed by atoms with Crippen molar-refractivity contribution < 1.29 is 0 Å². The Balaban J connectivity index is 1.47. The Morgan fingerprint density at radius 2 is 1.55 bits per heavy atom. The fourth-order valence-electron chi connectivity index (χ4n) is 6.57. The SMILES string of the molecule is CC1=C(I)C=C(C2=CC3=C(CC2)C2C=CC=CC2C32Cc3ccccc3C2)CC1. The maximum atomic E-state index is 2.65. The van der Waals surface area contributed by atoms with Crippen molar-refractivity contribution in [3.05, 3.63) is 103 Å². The van der Waals surface area contributed by atoms with Gasteiger partial charge in [-0.2, -0.15) is 0 Å². The van der Waals surface area contributed by atoms with Crippen LogP contribution in [0.2, 0.25) is 0 Å². The summed E-state index contributed by atoms with van der Waals surface area (Å²) in [5.41, 5.74) is 11.6. The fourth-order valence-corrected chi connectivity index (χ4v) is 7.21. The summed E-state index contributed by atoms with van der Waals surface area (Å²) in [4.78, 5) is 0. The molecule has 0 amide bonds. The van der Waals surface area contributed by atoms with Crippen LogP contribution in [0.4, 0.5) is 0 Å². The molecule has 29 heavy (non-hydrogen) atoms. The van der Waals surface area contributed by atoms with Crippen molar-refractivity contribution in [2.45, 2.75) is 45.4 Å². The second-order valence-corrected chi connectivity index (χ2v) is 10.7. The zero-order valence-electron chi connectivity index (χ0n) is 17.0. The smallest absolute Gasteiger partial charge is 0.0122 e. The number of hydrogen-bond acceptors (Lipinski definition) is 0. The van der Waals surface area contributed by atoms with Gasteiger partial charge >= 0.3 is 0 Å². The first-order chi connectivity index (χ1) is 14.2. The van der Waals surface area contributed by atoms with E-state index in [1.165, 1.54) is 42.1 Å². The van der Waals surface area contributed by atoms with E-state index in [1.807, 2.05) is 0 Å². The van der Waals surface area contributed by atoms with Crippen LogP contribution in [0.3, 0.4) is 0 Å². The molecule has 0 aliphatic heterocycles. The van der Waals surface area contributed by atoms with Crippen molar-refractivity contribution in [1.29, 1.82) is 0 Å². The van der Waals surface area contributed by atoms with Gasteiger partial charge in [0.2, 0.25) is 0 Å². The van der Waals surface area contributed by atoms with E-state index >= 15 is 0 Å². The van der Waals surface area contributed by atoms with Crippen LogP contribution in [-0.2, 0) is 12.8 Å². The zero-order chi connectivity index (χ0) is 19.6. The Morgan fingerprint density at radius 1 is 0.862 bits per heavy atom. The fraction of sp³-hybridized carbons (Fsp3) is 0.357. The van der Waals surface area contributed by atoms with Crippen molar-refractivity contribution in [3.63, 3.8) is 0 Å². The van der Waals surface area contributed by atoms with Gasteiger partial charge in [0.15, 0.2) is 0 Å². The zero-order valence-corrected chi connectivity index (χ0v) is 19.2. The van der Waals surface area contributed by atoms with Gasteiger partial charge in [-0.1, -0.05) is 65.8 Å². The molecule has 0 N–H and O–H groups in total. The number of fused-ring (bicyclic) bond motifs is 5. The second kappa shape index (κ2) is 6.70. The van der Waals surface area contributed by atoms with E-state index in [4.69, 9.17) is 0 Å². The molecule has 0 saturated carbocycles. The van der Waals surface area contributed by atoms with Gasteiger partial charge < -0.3 is 0 Å². The van der Waals surface area contributed by atoms with Crippen LogP contribution in [0.5, 0.6) is 0 Å². The lowest BCUT2D eigenvalue weighted by atomic mass is 9.67. The molecular formula is C28H27I. The number of benzene rings is 1. The minimum absolute atomic E-state index is 0.269.